The summed E-state index contributed by atoms with van der Waals surface area (Å²) in [6, 6.07) is 16.0. The molecule has 0 bridgehead atoms. The van der Waals surface area contributed by atoms with Crippen LogP contribution in [0.4, 0.5) is 5.69 Å². The lowest BCUT2D eigenvalue weighted by atomic mass is 10.0. The summed E-state index contributed by atoms with van der Waals surface area (Å²) in [6.45, 7) is 14.4. The van der Waals surface area contributed by atoms with Crippen LogP contribution >= 0.6 is 11.8 Å². The monoisotopic (exact) mass is 466 g/mol. The number of thioether (sulfide) groups is 1. The second-order valence-corrected chi connectivity index (χ2v) is 10.2. The van der Waals surface area contributed by atoms with E-state index in [9.17, 15) is 4.79 Å². The van der Waals surface area contributed by atoms with Gasteiger partial charge < -0.3 is 14.6 Å². The Morgan fingerprint density at radius 1 is 1.00 bits per heavy atom. The Balaban J connectivity index is 1.77. The Labute approximate surface area is 201 Å². The van der Waals surface area contributed by atoms with Crippen LogP contribution in [0.1, 0.15) is 76.6 Å². The summed E-state index contributed by atoms with van der Waals surface area (Å²) in [5.41, 5.74) is 3.06. The summed E-state index contributed by atoms with van der Waals surface area (Å²) in [4.78, 5) is 12.8. The molecule has 176 valence electrons. The summed E-state index contributed by atoms with van der Waals surface area (Å²) in [7, 11) is 0. The molecule has 0 radical (unpaired) electrons. The molecule has 3 aromatic rings. The second-order valence-electron chi connectivity index (χ2n) is 8.88. The molecule has 1 N–H and O–H groups in total. The fourth-order valence-corrected chi connectivity index (χ4v) is 4.61. The first-order valence-corrected chi connectivity index (χ1v) is 12.3. The maximum absolute atomic E-state index is 12.8. The number of aryl methyl sites for hydroxylation is 1. The zero-order valence-corrected chi connectivity index (χ0v) is 21.3. The molecule has 33 heavy (non-hydrogen) atoms. The molecular formula is C26H34N4O2S. The van der Waals surface area contributed by atoms with E-state index in [0.717, 1.165) is 28.4 Å². The average Bonchev–Trinajstić information content (AvgIpc) is 3.18. The number of benzene rings is 2. The van der Waals surface area contributed by atoms with E-state index >= 15 is 0 Å². The molecule has 0 fully saturated rings. The number of hydrogen-bond donors (Lipinski definition) is 1. The number of rotatable bonds is 9. The van der Waals surface area contributed by atoms with Crippen LogP contribution in [0.5, 0.6) is 5.75 Å². The van der Waals surface area contributed by atoms with Crippen LogP contribution < -0.4 is 10.1 Å². The number of nitrogens with zero attached hydrogens (tertiary/aromatic N) is 3. The first-order valence-electron chi connectivity index (χ1n) is 11.4. The van der Waals surface area contributed by atoms with Gasteiger partial charge in [-0.3, -0.25) is 4.79 Å². The van der Waals surface area contributed by atoms with E-state index in [1.807, 2.05) is 63.2 Å². The average molecular weight is 467 g/mol. The van der Waals surface area contributed by atoms with Gasteiger partial charge in [0.05, 0.1) is 5.25 Å². The highest BCUT2D eigenvalue weighted by molar-refractivity contribution is 8.00. The van der Waals surface area contributed by atoms with Crippen LogP contribution in [-0.2, 0) is 4.79 Å². The van der Waals surface area contributed by atoms with E-state index in [0.29, 0.717) is 11.1 Å². The van der Waals surface area contributed by atoms with Gasteiger partial charge in [-0.05, 0) is 69.9 Å². The van der Waals surface area contributed by atoms with Crippen molar-refractivity contribution < 1.29 is 9.53 Å². The van der Waals surface area contributed by atoms with Gasteiger partial charge in [0, 0.05) is 11.7 Å². The fourth-order valence-electron chi connectivity index (χ4n) is 3.62. The number of hydrogen-bond acceptors (Lipinski definition) is 5. The van der Waals surface area contributed by atoms with Crippen molar-refractivity contribution >= 4 is 23.4 Å². The highest BCUT2D eigenvalue weighted by Crippen LogP contribution is 2.33. The number of nitrogens with one attached hydrogen (secondary N) is 1. The van der Waals surface area contributed by atoms with Crippen LogP contribution in [-0.4, -0.2) is 25.9 Å². The molecule has 2 unspecified atom stereocenters. The first-order chi connectivity index (χ1) is 15.7. The number of carbonyl (C=O) groups excluding carboxylic acids is 1. The van der Waals surface area contributed by atoms with Crippen molar-refractivity contribution in [1.29, 1.82) is 0 Å². The molecule has 3 rings (SSSR count). The van der Waals surface area contributed by atoms with Gasteiger partial charge in [-0.25, -0.2) is 0 Å². The van der Waals surface area contributed by atoms with E-state index in [1.165, 1.54) is 11.8 Å². The second kappa shape index (κ2) is 10.9. The number of para-hydroxylation sites is 1. The van der Waals surface area contributed by atoms with Gasteiger partial charge >= 0.3 is 0 Å². The van der Waals surface area contributed by atoms with Crippen LogP contribution in [0.25, 0.3) is 0 Å². The van der Waals surface area contributed by atoms with E-state index < -0.39 is 0 Å². The van der Waals surface area contributed by atoms with Gasteiger partial charge in [0.2, 0.25) is 5.91 Å². The normalized spacial score (nSPS) is 13.2. The molecule has 0 aliphatic heterocycles. The third-order valence-corrected chi connectivity index (χ3v) is 6.41. The molecule has 0 saturated carbocycles. The number of aromatic nitrogens is 3. The van der Waals surface area contributed by atoms with Crippen molar-refractivity contribution in [2.24, 2.45) is 0 Å². The fraction of sp³-hybridized carbons (Fsp3) is 0.423. The maximum Gasteiger partial charge on any atom is 0.237 e. The molecule has 0 aliphatic carbocycles. The van der Waals surface area contributed by atoms with Gasteiger partial charge in [-0.2, -0.15) is 0 Å². The molecule has 0 saturated heterocycles. The van der Waals surface area contributed by atoms with Crippen molar-refractivity contribution in [3.05, 3.63) is 65.5 Å². The molecule has 1 amide bonds. The van der Waals surface area contributed by atoms with Crippen LogP contribution in [0.3, 0.4) is 0 Å². The number of ether oxygens (including phenoxy) is 1. The molecular weight excluding hydrogens is 432 g/mol. The van der Waals surface area contributed by atoms with E-state index in [2.05, 4.69) is 53.8 Å². The van der Waals surface area contributed by atoms with Gasteiger partial charge in [-0.1, -0.05) is 55.9 Å². The first kappa shape index (κ1) is 24.8. The molecule has 0 aliphatic rings. The molecule has 0 spiro atoms. The zero-order chi connectivity index (χ0) is 24.1. The van der Waals surface area contributed by atoms with Crippen LogP contribution in [0.15, 0.2) is 53.7 Å². The van der Waals surface area contributed by atoms with Gasteiger partial charge in [-0.15, -0.1) is 10.2 Å². The largest absolute Gasteiger partial charge is 0.482 e. The highest BCUT2D eigenvalue weighted by atomic mass is 32.2. The molecule has 1 aromatic heterocycles. The minimum absolute atomic E-state index is 0.0689. The number of anilines is 1. The number of carbonyl (C=O) groups is 1. The van der Waals surface area contributed by atoms with E-state index in [1.54, 1.807) is 0 Å². The van der Waals surface area contributed by atoms with Gasteiger partial charge in [0.1, 0.15) is 5.75 Å². The molecule has 6 nitrogen and oxygen atoms in total. The standard InChI is InChI=1S/C26H34N4O2S/c1-16(2)22-13-8-9-14-23(22)32-19(6)24-28-29-26(30(24)17(3)4)33-20(7)25(31)27-21-12-10-11-18(5)15-21/h8-17,19-20H,1-7H3,(H,27,31). The van der Waals surface area contributed by atoms with Crippen molar-refractivity contribution in [2.45, 2.75) is 76.9 Å². The van der Waals surface area contributed by atoms with E-state index in [-0.39, 0.29) is 23.3 Å². The Morgan fingerprint density at radius 3 is 2.39 bits per heavy atom. The lowest BCUT2D eigenvalue weighted by molar-refractivity contribution is -0.115. The van der Waals surface area contributed by atoms with Crippen molar-refractivity contribution in [3.8, 4) is 5.75 Å². The Bertz CT molecular complexity index is 1090. The maximum atomic E-state index is 12.8. The molecule has 2 aromatic carbocycles. The minimum Gasteiger partial charge on any atom is -0.482 e. The molecule has 1 heterocycles. The van der Waals surface area contributed by atoms with Crippen molar-refractivity contribution in [3.63, 3.8) is 0 Å². The summed E-state index contributed by atoms with van der Waals surface area (Å²) < 4.78 is 8.39. The van der Waals surface area contributed by atoms with Gasteiger partial charge in [0.15, 0.2) is 17.1 Å². The third kappa shape index (κ3) is 6.16. The van der Waals surface area contributed by atoms with Gasteiger partial charge in [0.25, 0.3) is 0 Å². The Morgan fingerprint density at radius 2 is 1.73 bits per heavy atom. The quantitative estimate of drug-likeness (QED) is 0.362. The van der Waals surface area contributed by atoms with Crippen molar-refractivity contribution in [1.82, 2.24) is 14.8 Å². The summed E-state index contributed by atoms with van der Waals surface area (Å²) in [5, 5.41) is 12.2. The molecule has 2 atom stereocenters. The smallest absolute Gasteiger partial charge is 0.237 e. The predicted octanol–water partition coefficient (Wildman–Crippen LogP) is 6.55. The third-order valence-electron chi connectivity index (χ3n) is 5.35. The van der Waals surface area contributed by atoms with Crippen LogP contribution in [0, 0.1) is 6.92 Å². The van der Waals surface area contributed by atoms with Crippen molar-refractivity contribution in [2.75, 3.05) is 5.32 Å². The topological polar surface area (TPSA) is 69.0 Å². The predicted molar refractivity (Wildman–Crippen MR) is 135 cm³/mol. The number of amides is 1. The lowest BCUT2D eigenvalue weighted by Crippen LogP contribution is -2.23. The SMILES string of the molecule is Cc1cccc(NC(=O)C(C)Sc2nnc(C(C)Oc3ccccc3C(C)C)n2C(C)C)c1. The minimum atomic E-state index is -0.335. The molecule has 7 heteroatoms. The Hall–Kier alpha value is -2.80. The van der Waals surface area contributed by atoms with E-state index in [4.69, 9.17) is 4.74 Å². The highest BCUT2D eigenvalue weighted by Gasteiger charge is 2.25. The summed E-state index contributed by atoms with van der Waals surface area (Å²) >= 11 is 1.40. The lowest BCUT2D eigenvalue weighted by Gasteiger charge is -2.21. The Kier molecular flexibility index (Phi) is 8.19. The van der Waals surface area contributed by atoms with Crippen LogP contribution in [0.2, 0.25) is 0 Å². The summed E-state index contributed by atoms with van der Waals surface area (Å²) in [6.07, 6.45) is -0.287. The summed E-state index contributed by atoms with van der Waals surface area (Å²) in [5.74, 6) is 1.90. The zero-order valence-electron chi connectivity index (χ0n) is 20.5.